The van der Waals surface area contributed by atoms with Crippen molar-refractivity contribution in [3.8, 4) is 5.75 Å². The maximum absolute atomic E-state index is 5.50. The van der Waals surface area contributed by atoms with Crippen molar-refractivity contribution in [3.63, 3.8) is 0 Å². The van der Waals surface area contributed by atoms with Gasteiger partial charge in [0.05, 0.1) is 6.61 Å². The second-order valence-corrected chi connectivity index (χ2v) is 2.95. The molecule has 1 aliphatic rings. The molecule has 58 valence electrons. The summed E-state index contributed by atoms with van der Waals surface area (Å²) < 4.78 is 5.50. The van der Waals surface area contributed by atoms with Gasteiger partial charge in [-0.05, 0) is 12.5 Å². The fourth-order valence-corrected chi connectivity index (χ4v) is 1.57. The maximum atomic E-state index is 5.50. The third-order valence-electron chi connectivity index (χ3n) is 2.29. The van der Waals surface area contributed by atoms with Gasteiger partial charge in [-0.15, -0.1) is 0 Å². The van der Waals surface area contributed by atoms with Gasteiger partial charge in [0.15, 0.2) is 0 Å². The van der Waals surface area contributed by atoms with Crippen LogP contribution < -0.4 is 4.74 Å². The van der Waals surface area contributed by atoms with Crippen molar-refractivity contribution in [2.45, 2.75) is 19.3 Å². The van der Waals surface area contributed by atoms with E-state index in [1.165, 1.54) is 12.0 Å². The fourth-order valence-electron chi connectivity index (χ4n) is 1.57. The molecule has 2 rings (SSSR count). The summed E-state index contributed by atoms with van der Waals surface area (Å²) in [5.41, 5.74) is 1.38. The smallest absolute Gasteiger partial charge is 0.122 e. The molecular formula is C10H12O. The Bertz CT molecular complexity index is 255. The highest BCUT2D eigenvalue weighted by molar-refractivity contribution is 5.39. The largest absolute Gasteiger partial charge is 0.493 e. The Balaban J connectivity index is 2.39. The average Bonchev–Trinajstić information content (AvgIpc) is 2.47. The van der Waals surface area contributed by atoms with E-state index in [4.69, 9.17) is 4.74 Å². The molecule has 1 atom stereocenters. The van der Waals surface area contributed by atoms with Gasteiger partial charge in [-0.3, -0.25) is 0 Å². The lowest BCUT2D eigenvalue weighted by molar-refractivity contribution is 0.328. The van der Waals surface area contributed by atoms with Crippen LogP contribution in [0, 0.1) is 0 Å². The zero-order valence-electron chi connectivity index (χ0n) is 6.71. The number of benzene rings is 1. The molecule has 1 heteroatoms. The number of para-hydroxylation sites is 1. The Labute approximate surface area is 67.0 Å². The third-order valence-corrected chi connectivity index (χ3v) is 2.29. The predicted octanol–water partition coefficient (Wildman–Crippen LogP) is 2.57. The number of hydrogen-bond acceptors (Lipinski definition) is 1. The van der Waals surface area contributed by atoms with Crippen molar-refractivity contribution in [3.05, 3.63) is 29.8 Å². The number of ether oxygens (including phenoxy) is 1. The first-order valence-corrected chi connectivity index (χ1v) is 4.13. The summed E-state index contributed by atoms with van der Waals surface area (Å²) in [4.78, 5) is 0. The molecule has 1 aliphatic heterocycles. The Kier molecular flexibility index (Phi) is 1.57. The van der Waals surface area contributed by atoms with Crippen molar-refractivity contribution in [1.29, 1.82) is 0 Å². The normalized spacial score (nSPS) is 21.0. The van der Waals surface area contributed by atoms with Crippen molar-refractivity contribution in [2.75, 3.05) is 6.61 Å². The first-order valence-electron chi connectivity index (χ1n) is 4.13. The predicted molar refractivity (Wildman–Crippen MR) is 45.0 cm³/mol. The van der Waals surface area contributed by atoms with E-state index < -0.39 is 0 Å². The average molecular weight is 148 g/mol. The SMILES string of the molecule is CC[C@@H]1COc2ccccc21. The maximum Gasteiger partial charge on any atom is 0.122 e. The minimum absolute atomic E-state index is 0.631. The molecule has 0 bridgehead atoms. The monoisotopic (exact) mass is 148 g/mol. The van der Waals surface area contributed by atoms with Crippen LogP contribution in [0.1, 0.15) is 24.8 Å². The van der Waals surface area contributed by atoms with E-state index in [0.717, 1.165) is 12.4 Å². The Hall–Kier alpha value is -0.980. The van der Waals surface area contributed by atoms with Gasteiger partial charge in [-0.1, -0.05) is 25.1 Å². The number of fused-ring (bicyclic) bond motifs is 1. The van der Waals surface area contributed by atoms with Crippen LogP contribution >= 0.6 is 0 Å². The fraction of sp³-hybridized carbons (Fsp3) is 0.400. The van der Waals surface area contributed by atoms with Gasteiger partial charge in [0, 0.05) is 11.5 Å². The highest BCUT2D eigenvalue weighted by atomic mass is 16.5. The summed E-state index contributed by atoms with van der Waals surface area (Å²) in [6.45, 7) is 3.08. The van der Waals surface area contributed by atoms with Crippen LogP contribution in [-0.4, -0.2) is 6.61 Å². The van der Waals surface area contributed by atoms with Gasteiger partial charge in [0.1, 0.15) is 5.75 Å². The van der Waals surface area contributed by atoms with E-state index in [1.54, 1.807) is 0 Å². The van der Waals surface area contributed by atoms with E-state index in [0.29, 0.717) is 5.92 Å². The lowest BCUT2D eigenvalue weighted by Gasteiger charge is -2.01. The van der Waals surface area contributed by atoms with E-state index >= 15 is 0 Å². The van der Waals surface area contributed by atoms with Crippen molar-refractivity contribution >= 4 is 0 Å². The summed E-state index contributed by atoms with van der Waals surface area (Å²) >= 11 is 0. The molecular weight excluding hydrogens is 136 g/mol. The van der Waals surface area contributed by atoms with E-state index in [2.05, 4.69) is 19.1 Å². The van der Waals surface area contributed by atoms with Crippen LogP contribution in [0.5, 0.6) is 5.75 Å². The summed E-state index contributed by atoms with van der Waals surface area (Å²) in [5, 5.41) is 0. The molecule has 0 N–H and O–H groups in total. The molecule has 0 fully saturated rings. The molecule has 0 radical (unpaired) electrons. The summed E-state index contributed by atoms with van der Waals surface area (Å²) in [6.07, 6.45) is 1.18. The molecule has 1 nitrogen and oxygen atoms in total. The lowest BCUT2D eigenvalue weighted by Crippen LogP contribution is -1.97. The van der Waals surface area contributed by atoms with Crippen molar-refractivity contribution in [1.82, 2.24) is 0 Å². The summed E-state index contributed by atoms with van der Waals surface area (Å²) in [6, 6.07) is 8.31. The minimum atomic E-state index is 0.631. The number of hydrogen-bond donors (Lipinski definition) is 0. The molecule has 0 amide bonds. The molecule has 0 spiro atoms. The minimum Gasteiger partial charge on any atom is -0.493 e. The Morgan fingerprint density at radius 2 is 2.27 bits per heavy atom. The molecule has 0 aliphatic carbocycles. The molecule has 11 heavy (non-hydrogen) atoms. The molecule has 0 saturated carbocycles. The van der Waals surface area contributed by atoms with Gasteiger partial charge in [0.2, 0.25) is 0 Å². The van der Waals surface area contributed by atoms with Crippen LogP contribution in [0.3, 0.4) is 0 Å². The van der Waals surface area contributed by atoms with Gasteiger partial charge >= 0.3 is 0 Å². The van der Waals surface area contributed by atoms with Gasteiger partial charge in [-0.2, -0.15) is 0 Å². The standard InChI is InChI=1S/C10H12O/c1-2-8-7-11-10-6-4-3-5-9(8)10/h3-6,8H,2,7H2,1H3/t8-/m1/s1. The Morgan fingerprint density at radius 1 is 1.45 bits per heavy atom. The van der Waals surface area contributed by atoms with E-state index in [9.17, 15) is 0 Å². The van der Waals surface area contributed by atoms with Crippen molar-refractivity contribution < 1.29 is 4.74 Å². The molecule has 1 aromatic carbocycles. The topological polar surface area (TPSA) is 9.23 Å². The molecule has 0 aromatic heterocycles. The zero-order valence-corrected chi connectivity index (χ0v) is 6.71. The Morgan fingerprint density at radius 3 is 3.09 bits per heavy atom. The van der Waals surface area contributed by atoms with Gasteiger partial charge < -0.3 is 4.74 Å². The zero-order chi connectivity index (χ0) is 7.68. The summed E-state index contributed by atoms with van der Waals surface area (Å²) in [7, 11) is 0. The van der Waals surface area contributed by atoms with Crippen molar-refractivity contribution in [2.24, 2.45) is 0 Å². The van der Waals surface area contributed by atoms with Crippen LogP contribution in [-0.2, 0) is 0 Å². The summed E-state index contributed by atoms with van der Waals surface area (Å²) in [5.74, 6) is 1.71. The van der Waals surface area contributed by atoms with Crippen LogP contribution in [0.25, 0.3) is 0 Å². The second kappa shape index (κ2) is 2.57. The highest BCUT2D eigenvalue weighted by Gasteiger charge is 2.20. The first-order chi connectivity index (χ1) is 5.42. The first kappa shape index (κ1) is 6.71. The highest BCUT2D eigenvalue weighted by Crippen LogP contribution is 2.34. The van der Waals surface area contributed by atoms with Crippen LogP contribution in [0.15, 0.2) is 24.3 Å². The van der Waals surface area contributed by atoms with E-state index in [1.807, 2.05) is 12.1 Å². The number of rotatable bonds is 1. The van der Waals surface area contributed by atoms with Crippen LogP contribution in [0.2, 0.25) is 0 Å². The quantitative estimate of drug-likeness (QED) is 0.594. The second-order valence-electron chi connectivity index (χ2n) is 2.95. The van der Waals surface area contributed by atoms with Crippen LogP contribution in [0.4, 0.5) is 0 Å². The third kappa shape index (κ3) is 1.01. The van der Waals surface area contributed by atoms with E-state index in [-0.39, 0.29) is 0 Å². The molecule has 1 aromatic rings. The molecule has 0 saturated heterocycles. The van der Waals surface area contributed by atoms with Gasteiger partial charge in [-0.25, -0.2) is 0 Å². The molecule has 0 unspecified atom stereocenters. The lowest BCUT2D eigenvalue weighted by atomic mass is 9.99. The van der Waals surface area contributed by atoms with Gasteiger partial charge in [0.25, 0.3) is 0 Å². The molecule has 1 heterocycles.